The van der Waals surface area contributed by atoms with Crippen LogP contribution < -0.4 is 0 Å². The molecule has 0 aromatic heterocycles. The van der Waals surface area contributed by atoms with E-state index in [1.165, 1.54) is 0 Å². The van der Waals surface area contributed by atoms with E-state index >= 15 is 0 Å². The molecule has 0 radical (unpaired) electrons. The molecule has 68 valence electrons. The predicted molar refractivity (Wildman–Crippen MR) is 47.5 cm³/mol. The monoisotopic (exact) mass is 180 g/mol. The summed E-state index contributed by atoms with van der Waals surface area (Å²) in [5.74, 6) is -1.85. The van der Waals surface area contributed by atoms with E-state index in [1.54, 1.807) is 24.3 Å². The van der Waals surface area contributed by atoms with E-state index in [9.17, 15) is 9.18 Å². The number of rotatable bonds is 2. The number of ether oxygens (including phenoxy) is 1. The SMILES string of the molecule is COC(=O)/C(F)=C/c1ccccc1. The first-order chi connectivity index (χ1) is 6.24. The Kier molecular flexibility index (Phi) is 3.20. The molecule has 0 aliphatic rings. The van der Waals surface area contributed by atoms with E-state index < -0.39 is 11.8 Å². The molecule has 0 amide bonds. The third-order valence-corrected chi connectivity index (χ3v) is 1.47. The lowest BCUT2D eigenvalue weighted by Gasteiger charge is -1.95. The summed E-state index contributed by atoms with van der Waals surface area (Å²) < 4.78 is 17.1. The fourth-order valence-corrected chi connectivity index (χ4v) is 0.852. The van der Waals surface area contributed by atoms with Gasteiger partial charge in [0.05, 0.1) is 7.11 Å². The molecule has 0 atom stereocenters. The van der Waals surface area contributed by atoms with Crippen LogP contribution in [0.4, 0.5) is 4.39 Å². The molecule has 1 aromatic rings. The molecule has 0 saturated heterocycles. The van der Waals surface area contributed by atoms with E-state index in [0.717, 1.165) is 13.2 Å². The molecule has 1 rings (SSSR count). The first kappa shape index (κ1) is 9.45. The molecule has 0 aliphatic carbocycles. The second-order valence-corrected chi connectivity index (χ2v) is 2.39. The fourth-order valence-electron chi connectivity index (χ4n) is 0.852. The number of halogens is 1. The number of hydrogen-bond donors (Lipinski definition) is 0. The molecular weight excluding hydrogens is 171 g/mol. The minimum atomic E-state index is -0.955. The van der Waals surface area contributed by atoms with Crippen LogP contribution in [0.1, 0.15) is 5.56 Å². The molecule has 1 aromatic carbocycles. The molecule has 0 unspecified atom stereocenters. The third-order valence-electron chi connectivity index (χ3n) is 1.47. The zero-order valence-corrected chi connectivity index (χ0v) is 7.16. The van der Waals surface area contributed by atoms with Crippen molar-refractivity contribution in [1.82, 2.24) is 0 Å². The van der Waals surface area contributed by atoms with Crippen LogP contribution in [-0.4, -0.2) is 13.1 Å². The number of benzene rings is 1. The Balaban J connectivity index is 2.83. The Labute approximate surface area is 75.6 Å². The maximum atomic E-state index is 12.9. The molecule has 0 aliphatic heterocycles. The van der Waals surface area contributed by atoms with Gasteiger partial charge in [0.15, 0.2) is 0 Å². The van der Waals surface area contributed by atoms with Crippen molar-refractivity contribution < 1.29 is 13.9 Å². The van der Waals surface area contributed by atoms with Gasteiger partial charge in [-0.15, -0.1) is 0 Å². The van der Waals surface area contributed by atoms with Gasteiger partial charge >= 0.3 is 5.97 Å². The summed E-state index contributed by atoms with van der Waals surface area (Å²) in [5.41, 5.74) is 0.630. The van der Waals surface area contributed by atoms with Gasteiger partial charge in [-0.1, -0.05) is 30.3 Å². The van der Waals surface area contributed by atoms with Crippen LogP contribution >= 0.6 is 0 Å². The molecule has 3 heteroatoms. The van der Waals surface area contributed by atoms with Crippen LogP contribution in [0.2, 0.25) is 0 Å². The molecule has 0 N–H and O–H groups in total. The first-order valence-corrected chi connectivity index (χ1v) is 3.74. The van der Waals surface area contributed by atoms with Crippen molar-refractivity contribution in [2.45, 2.75) is 0 Å². The Morgan fingerprint density at radius 2 is 2.00 bits per heavy atom. The van der Waals surface area contributed by atoms with Gasteiger partial charge in [0, 0.05) is 0 Å². The molecule has 0 spiro atoms. The molecule has 0 saturated carbocycles. The van der Waals surface area contributed by atoms with Gasteiger partial charge < -0.3 is 4.74 Å². The smallest absolute Gasteiger partial charge is 0.366 e. The Morgan fingerprint density at radius 1 is 1.38 bits per heavy atom. The van der Waals surface area contributed by atoms with Crippen LogP contribution in [0.25, 0.3) is 6.08 Å². The zero-order valence-electron chi connectivity index (χ0n) is 7.16. The van der Waals surface area contributed by atoms with Crippen LogP contribution in [-0.2, 0) is 9.53 Å². The number of carbonyl (C=O) groups is 1. The maximum Gasteiger partial charge on any atom is 0.366 e. The van der Waals surface area contributed by atoms with Crippen molar-refractivity contribution in [1.29, 1.82) is 0 Å². The lowest BCUT2D eigenvalue weighted by atomic mass is 10.2. The van der Waals surface area contributed by atoms with Crippen LogP contribution in [0.15, 0.2) is 36.2 Å². The summed E-state index contributed by atoms with van der Waals surface area (Å²) in [7, 11) is 1.14. The van der Waals surface area contributed by atoms with Crippen molar-refractivity contribution >= 4 is 12.0 Å². The van der Waals surface area contributed by atoms with Crippen molar-refractivity contribution in [3.63, 3.8) is 0 Å². The van der Waals surface area contributed by atoms with E-state index in [2.05, 4.69) is 4.74 Å². The standard InChI is InChI=1S/C10H9FO2/c1-13-10(12)9(11)7-8-5-3-2-4-6-8/h2-7H,1H3/b9-7-. The second kappa shape index (κ2) is 4.40. The molecule has 13 heavy (non-hydrogen) atoms. The van der Waals surface area contributed by atoms with Crippen LogP contribution in [0.3, 0.4) is 0 Å². The van der Waals surface area contributed by atoms with Crippen LogP contribution in [0, 0.1) is 0 Å². The molecule has 0 heterocycles. The Morgan fingerprint density at radius 3 is 2.54 bits per heavy atom. The molecule has 2 nitrogen and oxygen atoms in total. The topological polar surface area (TPSA) is 26.3 Å². The normalized spacial score (nSPS) is 11.1. The largest absolute Gasteiger partial charge is 0.464 e. The highest BCUT2D eigenvalue weighted by molar-refractivity contribution is 5.91. The lowest BCUT2D eigenvalue weighted by molar-refractivity contribution is -0.137. The van der Waals surface area contributed by atoms with Gasteiger partial charge in [0.2, 0.25) is 5.83 Å². The van der Waals surface area contributed by atoms with E-state index in [1.807, 2.05) is 6.07 Å². The van der Waals surface area contributed by atoms with Gasteiger partial charge in [-0.25, -0.2) is 4.79 Å². The van der Waals surface area contributed by atoms with Crippen molar-refractivity contribution in [3.8, 4) is 0 Å². The van der Waals surface area contributed by atoms with E-state index in [-0.39, 0.29) is 0 Å². The average molecular weight is 180 g/mol. The van der Waals surface area contributed by atoms with Gasteiger partial charge in [-0.05, 0) is 11.6 Å². The number of methoxy groups -OCH3 is 1. The summed E-state index contributed by atoms with van der Waals surface area (Å²) in [6.45, 7) is 0. The quantitative estimate of drug-likeness (QED) is 0.515. The van der Waals surface area contributed by atoms with Crippen molar-refractivity contribution in [3.05, 3.63) is 41.7 Å². The first-order valence-electron chi connectivity index (χ1n) is 3.74. The van der Waals surface area contributed by atoms with Gasteiger partial charge in [0.1, 0.15) is 0 Å². The Hall–Kier alpha value is -1.64. The van der Waals surface area contributed by atoms with Gasteiger partial charge in [0.25, 0.3) is 0 Å². The lowest BCUT2D eigenvalue weighted by Crippen LogP contribution is -1.99. The highest BCUT2D eigenvalue weighted by Gasteiger charge is 2.06. The summed E-state index contributed by atoms with van der Waals surface area (Å²) >= 11 is 0. The predicted octanol–water partition coefficient (Wildman–Crippen LogP) is 2.17. The van der Waals surface area contributed by atoms with Crippen LogP contribution in [0.5, 0.6) is 0 Å². The number of hydrogen-bond acceptors (Lipinski definition) is 2. The highest BCUT2D eigenvalue weighted by atomic mass is 19.1. The maximum absolute atomic E-state index is 12.9. The minimum absolute atomic E-state index is 0.630. The Bertz CT molecular complexity index is 317. The summed E-state index contributed by atoms with van der Waals surface area (Å²) in [6.07, 6.45) is 1.13. The highest BCUT2D eigenvalue weighted by Crippen LogP contribution is 2.08. The summed E-state index contributed by atoms with van der Waals surface area (Å²) in [4.78, 5) is 10.7. The molecule has 0 bridgehead atoms. The van der Waals surface area contributed by atoms with E-state index in [4.69, 9.17) is 0 Å². The minimum Gasteiger partial charge on any atom is -0.464 e. The number of carbonyl (C=O) groups excluding carboxylic acids is 1. The molecular formula is C10H9FO2. The zero-order chi connectivity index (χ0) is 9.68. The fraction of sp³-hybridized carbons (Fsp3) is 0.100. The van der Waals surface area contributed by atoms with Crippen molar-refractivity contribution in [2.75, 3.05) is 7.11 Å². The summed E-state index contributed by atoms with van der Waals surface area (Å²) in [6, 6.07) is 8.73. The number of esters is 1. The average Bonchev–Trinajstić information content (AvgIpc) is 2.18. The van der Waals surface area contributed by atoms with Crippen molar-refractivity contribution in [2.24, 2.45) is 0 Å². The molecule has 0 fully saturated rings. The summed E-state index contributed by atoms with van der Waals surface area (Å²) in [5, 5.41) is 0. The second-order valence-electron chi connectivity index (χ2n) is 2.39. The van der Waals surface area contributed by atoms with Gasteiger partial charge in [-0.2, -0.15) is 4.39 Å². The third kappa shape index (κ3) is 2.71. The van der Waals surface area contributed by atoms with E-state index in [0.29, 0.717) is 5.56 Å². The van der Waals surface area contributed by atoms with Gasteiger partial charge in [-0.3, -0.25) is 0 Å².